The molecule has 0 fully saturated rings. The predicted octanol–water partition coefficient (Wildman–Crippen LogP) is 1.15. The first-order valence-electron chi connectivity index (χ1n) is 7.76. The van der Waals surface area contributed by atoms with Crippen molar-refractivity contribution in [2.75, 3.05) is 32.1 Å². The van der Waals surface area contributed by atoms with Gasteiger partial charge in [0.15, 0.2) is 0 Å². The Kier molecular flexibility index (Phi) is 8.75. The largest absolute Gasteiger partial charge is 0.465 e. The van der Waals surface area contributed by atoms with Crippen LogP contribution < -0.4 is 16.0 Å². The maximum Gasteiger partial charge on any atom is 0.407 e. The number of rotatable bonds is 8. The first-order chi connectivity index (χ1) is 12.5. The molecule has 0 aliphatic heterocycles. The van der Waals surface area contributed by atoms with Crippen LogP contribution in [0.25, 0.3) is 0 Å². The van der Waals surface area contributed by atoms with Crippen molar-refractivity contribution in [3.63, 3.8) is 0 Å². The molecule has 1 rings (SSSR count). The quantitative estimate of drug-likeness (QED) is 0.274. The van der Waals surface area contributed by atoms with Crippen LogP contribution in [0.3, 0.4) is 0 Å². The molecule has 9 nitrogen and oxygen atoms in total. The number of hydrogen-bond donors (Lipinski definition) is 3. The Morgan fingerprint density at radius 1 is 1.23 bits per heavy atom. The number of para-hydroxylation sites is 1. The number of carbonyl (C=O) groups excluding carboxylic acids is 3. The van der Waals surface area contributed by atoms with Crippen LogP contribution in [-0.4, -0.2) is 44.8 Å². The van der Waals surface area contributed by atoms with Crippen molar-refractivity contribution in [1.82, 2.24) is 10.6 Å². The van der Waals surface area contributed by atoms with Crippen LogP contribution in [0.1, 0.15) is 17.3 Å². The molecule has 1 aromatic carbocycles. The number of nitrogens with one attached hydrogen (secondary N) is 3. The van der Waals surface area contributed by atoms with Crippen LogP contribution in [0.2, 0.25) is 0 Å². The molecule has 0 aliphatic carbocycles. The zero-order valence-corrected chi connectivity index (χ0v) is 14.5. The maximum absolute atomic E-state index is 12.2. The monoisotopic (exact) mass is 360 g/mol. The Morgan fingerprint density at radius 2 is 1.96 bits per heavy atom. The average Bonchev–Trinajstić information content (AvgIpc) is 2.64. The van der Waals surface area contributed by atoms with Crippen molar-refractivity contribution in [2.45, 2.75) is 6.92 Å². The Hall–Kier alpha value is -3.54. The van der Waals surface area contributed by atoms with Crippen molar-refractivity contribution in [3.8, 4) is 6.07 Å². The van der Waals surface area contributed by atoms with E-state index in [1.807, 2.05) is 0 Å². The summed E-state index contributed by atoms with van der Waals surface area (Å²) in [5.41, 5.74) is 0.211. The Morgan fingerprint density at radius 3 is 2.62 bits per heavy atom. The van der Waals surface area contributed by atoms with E-state index in [9.17, 15) is 14.4 Å². The van der Waals surface area contributed by atoms with Gasteiger partial charge in [-0.15, -0.1) is 0 Å². The van der Waals surface area contributed by atoms with E-state index in [-0.39, 0.29) is 36.5 Å². The molecule has 2 amide bonds. The molecule has 0 bridgehead atoms. The highest BCUT2D eigenvalue weighted by Gasteiger charge is 2.15. The summed E-state index contributed by atoms with van der Waals surface area (Å²) in [6, 6.07) is 8.05. The van der Waals surface area contributed by atoms with Gasteiger partial charge in [-0.25, -0.2) is 9.59 Å². The number of nitriles is 1. The second kappa shape index (κ2) is 11.1. The molecule has 0 aromatic heterocycles. The lowest BCUT2D eigenvalue weighted by Gasteiger charge is -2.09. The molecule has 1 aromatic rings. The molecule has 0 heterocycles. The summed E-state index contributed by atoms with van der Waals surface area (Å²) >= 11 is 0. The van der Waals surface area contributed by atoms with E-state index in [0.717, 1.165) is 0 Å². The van der Waals surface area contributed by atoms with Crippen LogP contribution in [0.15, 0.2) is 36.0 Å². The van der Waals surface area contributed by atoms with E-state index in [0.29, 0.717) is 0 Å². The fraction of sp³-hybridized carbons (Fsp3) is 0.294. The molecule has 26 heavy (non-hydrogen) atoms. The van der Waals surface area contributed by atoms with Crippen molar-refractivity contribution in [2.24, 2.45) is 0 Å². The number of anilines is 1. The Balaban J connectivity index is 2.63. The molecule has 0 atom stereocenters. The fourth-order valence-electron chi connectivity index (χ4n) is 1.81. The van der Waals surface area contributed by atoms with Gasteiger partial charge in [0.05, 0.1) is 25.0 Å². The number of benzene rings is 1. The molecular weight excluding hydrogens is 340 g/mol. The SMILES string of the molecule is CCOC(=O)NCCN/C=C(/C#N)C(=O)Nc1ccccc1C(=O)OC. The van der Waals surface area contributed by atoms with Crippen molar-refractivity contribution in [1.29, 1.82) is 5.26 Å². The second-order valence-corrected chi connectivity index (χ2v) is 4.76. The lowest BCUT2D eigenvalue weighted by atomic mass is 10.1. The normalized spacial score (nSPS) is 10.3. The first kappa shape index (κ1) is 20.5. The van der Waals surface area contributed by atoms with Gasteiger partial charge < -0.3 is 25.4 Å². The van der Waals surface area contributed by atoms with E-state index in [2.05, 4.69) is 25.4 Å². The number of hydrogen-bond acceptors (Lipinski definition) is 7. The molecule has 0 unspecified atom stereocenters. The van der Waals surface area contributed by atoms with Gasteiger partial charge in [0.2, 0.25) is 0 Å². The van der Waals surface area contributed by atoms with Crippen molar-refractivity contribution < 1.29 is 23.9 Å². The lowest BCUT2D eigenvalue weighted by molar-refractivity contribution is -0.112. The van der Waals surface area contributed by atoms with Crippen LogP contribution in [-0.2, 0) is 14.3 Å². The van der Waals surface area contributed by atoms with E-state index >= 15 is 0 Å². The van der Waals surface area contributed by atoms with Gasteiger partial charge >= 0.3 is 12.1 Å². The van der Waals surface area contributed by atoms with Gasteiger partial charge in [-0.05, 0) is 19.1 Å². The van der Waals surface area contributed by atoms with E-state index < -0.39 is 18.0 Å². The van der Waals surface area contributed by atoms with Crippen LogP contribution in [0.5, 0.6) is 0 Å². The third-order valence-corrected chi connectivity index (χ3v) is 3.01. The number of nitrogens with zero attached hydrogens (tertiary/aromatic N) is 1. The van der Waals surface area contributed by atoms with E-state index in [1.165, 1.54) is 25.4 Å². The minimum atomic E-state index is -0.685. The fourth-order valence-corrected chi connectivity index (χ4v) is 1.81. The average molecular weight is 360 g/mol. The van der Waals surface area contributed by atoms with E-state index in [1.54, 1.807) is 25.1 Å². The molecule has 0 aliphatic rings. The van der Waals surface area contributed by atoms with E-state index in [4.69, 9.17) is 5.26 Å². The maximum atomic E-state index is 12.2. The van der Waals surface area contributed by atoms with Gasteiger partial charge in [0, 0.05) is 19.3 Å². The number of alkyl carbamates (subject to hydrolysis) is 1. The van der Waals surface area contributed by atoms with Gasteiger partial charge in [-0.1, -0.05) is 12.1 Å². The number of methoxy groups -OCH3 is 1. The van der Waals surface area contributed by atoms with Gasteiger partial charge in [0.1, 0.15) is 11.6 Å². The standard InChI is InChI=1S/C17H20N4O5/c1-3-26-17(24)20-9-8-19-11-12(10-18)15(22)21-14-7-5-4-6-13(14)16(23)25-2/h4-7,11,19H,3,8-9H2,1-2H3,(H,20,24)(H,21,22)/b12-11-. The van der Waals surface area contributed by atoms with Crippen LogP contribution in [0, 0.1) is 11.3 Å². The Bertz CT molecular complexity index is 724. The summed E-state index contributed by atoms with van der Waals surface area (Å²) < 4.78 is 9.33. The summed E-state index contributed by atoms with van der Waals surface area (Å²) in [5.74, 6) is -1.29. The summed E-state index contributed by atoms with van der Waals surface area (Å²) in [6.07, 6.45) is 0.680. The lowest BCUT2D eigenvalue weighted by Crippen LogP contribution is -2.31. The number of ether oxygens (including phenoxy) is 2. The third-order valence-electron chi connectivity index (χ3n) is 3.01. The van der Waals surface area contributed by atoms with Gasteiger partial charge in [-0.3, -0.25) is 4.79 Å². The molecule has 3 N–H and O–H groups in total. The predicted molar refractivity (Wildman–Crippen MR) is 93.1 cm³/mol. The highest BCUT2D eigenvalue weighted by Crippen LogP contribution is 2.16. The summed E-state index contributed by atoms with van der Waals surface area (Å²) in [6.45, 7) is 2.50. The van der Waals surface area contributed by atoms with Crippen LogP contribution in [0.4, 0.5) is 10.5 Å². The van der Waals surface area contributed by atoms with Gasteiger partial charge in [-0.2, -0.15) is 5.26 Å². The molecule has 9 heteroatoms. The van der Waals surface area contributed by atoms with Crippen molar-refractivity contribution >= 4 is 23.7 Å². The molecular formula is C17H20N4O5. The van der Waals surface area contributed by atoms with Crippen LogP contribution >= 0.6 is 0 Å². The van der Waals surface area contributed by atoms with Crippen molar-refractivity contribution in [3.05, 3.63) is 41.6 Å². The second-order valence-electron chi connectivity index (χ2n) is 4.76. The minimum Gasteiger partial charge on any atom is -0.465 e. The molecule has 0 radical (unpaired) electrons. The minimum absolute atomic E-state index is 0.173. The topological polar surface area (TPSA) is 130 Å². The number of amides is 2. The molecule has 138 valence electrons. The summed E-state index contributed by atoms with van der Waals surface area (Å²) in [4.78, 5) is 35.0. The summed E-state index contributed by atoms with van der Waals surface area (Å²) in [5, 5.41) is 16.8. The zero-order valence-electron chi connectivity index (χ0n) is 14.5. The highest BCUT2D eigenvalue weighted by molar-refractivity contribution is 6.09. The highest BCUT2D eigenvalue weighted by atomic mass is 16.5. The summed E-state index contributed by atoms with van der Waals surface area (Å²) in [7, 11) is 1.23. The molecule has 0 saturated heterocycles. The number of esters is 1. The Labute approximate surface area is 151 Å². The molecule has 0 saturated carbocycles. The smallest absolute Gasteiger partial charge is 0.407 e. The molecule has 0 spiro atoms. The third kappa shape index (κ3) is 6.52. The first-order valence-corrected chi connectivity index (χ1v) is 7.76. The number of carbonyl (C=O) groups is 3. The zero-order chi connectivity index (χ0) is 19.4. The van der Waals surface area contributed by atoms with Gasteiger partial charge in [0.25, 0.3) is 5.91 Å².